The van der Waals surface area contributed by atoms with Crippen molar-refractivity contribution < 1.29 is 4.79 Å². The molecule has 3 aromatic rings. The first-order valence-corrected chi connectivity index (χ1v) is 8.32. The molecular weight excluding hydrogens is 353 g/mol. The third-order valence-corrected chi connectivity index (χ3v) is 4.37. The first-order valence-electron chi connectivity index (χ1n) is 6.69. The number of pyridine rings is 1. The van der Waals surface area contributed by atoms with Crippen molar-refractivity contribution in [3.8, 4) is 11.3 Å². The summed E-state index contributed by atoms with van der Waals surface area (Å²) < 4.78 is 0. The van der Waals surface area contributed by atoms with Crippen LogP contribution < -0.4 is 5.32 Å². The number of benzene rings is 1. The number of amides is 1. The summed E-state index contributed by atoms with van der Waals surface area (Å²) in [6.45, 7) is 1.96. The highest BCUT2D eigenvalue weighted by atomic mass is 35.5. The number of rotatable bonds is 3. The minimum absolute atomic E-state index is 0.0957. The molecule has 0 bridgehead atoms. The van der Waals surface area contributed by atoms with Crippen LogP contribution in [0.3, 0.4) is 0 Å². The molecule has 116 valence electrons. The lowest BCUT2D eigenvalue weighted by Crippen LogP contribution is -2.14. The second kappa shape index (κ2) is 6.66. The first-order chi connectivity index (χ1) is 11.0. The number of carbonyl (C=O) groups excluding carboxylic acids is 1. The standard InChI is InChI=1S/C16H11Cl2N3OS/c1-9-19-13(8-23-9)10-2-4-11(5-3-10)20-16(22)15-12(17)6-7-14(18)21-15/h2-8H,1H3,(H,20,22). The molecular formula is C16H11Cl2N3OS. The number of aromatic nitrogens is 2. The summed E-state index contributed by atoms with van der Waals surface area (Å²) in [5.74, 6) is -0.408. The summed E-state index contributed by atoms with van der Waals surface area (Å²) in [7, 11) is 0. The third-order valence-electron chi connectivity index (χ3n) is 3.08. The minimum Gasteiger partial charge on any atom is -0.321 e. The second-order valence-corrected chi connectivity index (χ2v) is 6.60. The van der Waals surface area contributed by atoms with Crippen molar-refractivity contribution in [1.82, 2.24) is 9.97 Å². The lowest BCUT2D eigenvalue weighted by Gasteiger charge is -2.07. The molecule has 0 spiro atoms. The third kappa shape index (κ3) is 3.69. The predicted octanol–water partition coefficient (Wildman–Crippen LogP) is 5.07. The molecule has 2 aromatic heterocycles. The Morgan fingerprint density at radius 1 is 1.09 bits per heavy atom. The van der Waals surface area contributed by atoms with Crippen LogP contribution in [-0.4, -0.2) is 15.9 Å². The van der Waals surface area contributed by atoms with Crippen molar-refractivity contribution in [2.45, 2.75) is 6.92 Å². The van der Waals surface area contributed by atoms with Gasteiger partial charge in [-0.25, -0.2) is 9.97 Å². The maximum atomic E-state index is 12.2. The zero-order chi connectivity index (χ0) is 16.4. The number of aryl methyl sites for hydroxylation is 1. The van der Waals surface area contributed by atoms with Gasteiger partial charge in [0, 0.05) is 16.6 Å². The van der Waals surface area contributed by atoms with Gasteiger partial charge in [0.05, 0.1) is 15.7 Å². The van der Waals surface area contributed by atoms with E-state index < -0.39 is 5.91 Å². The zero-order valence-corrected chi connectivity index (χ0v) is 14.3. The molecule has 0 aliphatic carbocycles. The number of nitrogens with zero attached hydrogens (tertiary/aromatic N) is 2. The summed E-state index contributed by atoms with van der Waals surface area (Å²) in [6, 6.07) is 10.5. The molecule has 0 saturated heterocycles. The van der Waals surface area contributed by atoms with Gasteiger partial charge in [-0.2, -0.15) is 0 Å². The average Bonchev–Trinajstić information content (AvgIpc) is 2.97. The summed E-state index contributed by atoms with van der Waals surface area (Å²) >= 11 is 13.4. The van der Waals surface area contributed by atoms with Gasteiger partial charge < -0.3 is 5.32 Å². The van der Waals surface area contributed by atoms with Crippen LogP contribution in [0, 0.1) is 6.92 Å². The highest BCUT2D eigenvalue weighted by Gasteiger charge is 2.13. The summed E-state index contributed by atoms with van der Waals surface area (Å²) in [5, 5.41) is 6.23. The van der Waals surface area contributed by atoms with Crippen molar-refractivity contribution >= 4 is 46.1 Å². The molecule has 1 amide bonds. The number of carbonyl (C=O) groups is 1. The van der Waals surface area contributed by atoms with Crippen LogP contribution in [0.2, 0.25) is 10.2 Å². The van der Waals surface area contributed by atoms with Gasteiger partial charge in [-0.15, -0.1) is 11.3 Å². The summed E-state index contributed by atoms with van der Waals surface area (Å²) in [4.78, 5) is 20.6. The molecule has 3 rings (SSSR count). The molecule has 0 aliphatic heterocycles. The van der Waals surface area contributed by atoms with Gasteiger partial charge in [0.25, 0.3) is 5.91 Å². The molecule has 2 heterocycles. The average molecular weight is 364 g/mol. The number of nitrogens with one attached hydrogen (secondary N) is 1. The molecule has 0 aliphatic rings. The van der Waals surface area contributed by atoms with E-state index in [0.29, 0.717) is 5.69 Å². The van der Waals surface area contributed by atoms with E-state index in [1.807, 2.05) is 24.4 Å². The van der Waals surface area contributed by atoms with Gasteiger partial charge in [0.1, 0.15) is 10.8 Å². The van der Waals surface area contributed by atoms with Crippen LogP contribution in [0.1, 0.15) is 15.5 Å². The minimum atomic E-state index is -0.408. The molecule has 0 atom stereocenters. The van der Waals surface area contributed by atoms with E-state index in [1.54, 1.807) is 29.5 Å². The molecule has 7 heteroatoms. The van der Waals surface area contributed by atoms with E-state index >= 15 is 0 Å². The van der Waals surface area contributed by atoms with Crippen LogP contribution in [0.4, 0.5) is 5.69 Å². The van der Waals surface area contributed by atoms with Crippen LogP contribution in [0.15, 0.2) is 41.8 Å². The number of anilines is 1. The van der Waals surface area contributed by atoms with Gasteiger partial charge in [0.15, 0.2) is 0 Å². The summed E-state index contributed by atoms with van der Waals surface area (Å²) in [5.41, 5.74) is 2.65. The van der Waals surface area contributed by atoms with Crippen molar-refractivity contribution in [3.05, 3.63) is 62.7 Å². The SMILES string of the molecule is Cc1nc(-c2ccc(NC(=O)c3nc(Cl)ccc3Cl)cc2)cs1. The van der Waals surface area contributed by atoms with Crippen LogP contribution >= 0.6 is 34.5 Å². The van der Waals surface area contributed by atoms with E-state index in [2.05, 4.69) is 15.3 Å². The molecule has 0 radical (unpaired) electrons. The molecule has 0 fully saturated rings. The van der Waals surface area contributed by atoms with Gasteiger partial charge in [-0.1, -0.05) is 35.3 Å². The van der Waals surface area contributed by atoms with Crippen molar-refractivity contribution in [1.29, 1.82) is 0 Å². The van der Waals surface area contributed by atoms with Gasteiger partial charge in [-0.3, -0.25) is 4.79 Å². The van der Waals surface area contributed by atoms with E-state index in [0.717, 1.165) is 16.3 Å². The highest BCUT2D eigenvalue weighted by Crippen LogP contribution is 2.24. The molecule has 1 N–H and O–H groups in total. The van der Waals surface area contributed by atoms with E-state index in [4.69, 9.17) is 23.2 Å². The quantitative estimate of drug-likeness (QED) is 0.660. The lowest BCUT2D eigenvalue weighted by molar-refractivity contribution is 0.102. The number of hydrogen-bond acceptors (Lipinski definition) is 4. The van der Waals surface area contributed by atoms with Crippen LogP contribution in [0.5, 0.6) is 0 Å². The molecule has 4 nitrogen and oxygen atoms in total. The Kier molecular flexibility index (Phi) is 4.61. The Hall–Kier alpha value is -1.95. The fraction of sp³-hybridized carbons (Fsp3) is 0.0625. The Bertz CT molecular complexity index is 862. The highest BCUT2D eigenvalue weighted by molar-refractivity contribution is 7.09. The maximum absolute atomic E-state index is 12.2. The Morgan fingerprint density at radius 2 is 1.83 bits per heavy atom. The zero-order valence-electron chi connectivity index (χ0n) is 12.0. The largest absolute Gasteiger partial charge is 0.321 e. The molecule has 0 unspecified atom stereocenters. The molecule has 0 saturated carbocycles. The number of thiazole rings is 1. The van der Waals surface area contributed by atoms with Crippen LogP contribution in [-0.2, 0) is 0 Å². The van der Waals surface area contributed by atoms with E-state index in [1.165, 1.54) is 6.07 Å². The van der Waals surface area contributed by atoms with Crippen LogP contribution in [0.25, 0.3) is 11.3 Å². The van der Waals surface area contributed by atoms with Crippen molar-refractivity contribution in [2.75, 3.05) is 5.32 Å². The van der Waals surface area contributed by atoms with Gasteiger partial charge in [0.2, 0.25) is 0 Å². The van der Waals surface area contributed by atoms with Gasteiger partial charge >= 0.3 is 0 Å². The van der Waals surface area contributed by atoms with Gasteiger partial charge in [-0.05, 0) is 31.2 Å². The number of halogens is 2. The monoisotopic (exact) mass is 363 g/mol. The lowest BCUT2D eigenvalue weighted by atomic mass is 10.1. The van der Waals surface area contributed by atoms with Crippen molar-refractivity contribution in [2.24, 2.45) is 0 Å². The van der Waals surface area contributed by atoms with Crippen molar-refractivity contribution in [3.63, 3.8) is 0 Å². The Morgan fingerprint density at radius 3 is 2.48 bits per heavy atom. The number of hydrogen-bond donors (Lipinski definition) is 1. The Balaban J connectivity index is 1.78. The smallest absolute Gasteiger partial charge is 0.275 e. The topological polar surface area (TPSA) is 54.9 Å². The molecule has 1 aromatic carbocycles. The predicted molar refractivity (Wildman–Crippen MR) is 94.5 cm³/mol. The summed E-state index contributed by atoms with van der Waals surface area (Å²) in [6.07, 6.45) is 0. The maximum Gasteiger partial charge on any atom is 0.275 e. The Labute approximate surface area is 147 Å². The molecule has 23 heavy (non-hydrogen) atoms. The van der Waals surface area contributed by atoms with E-state index in [-0.39, 0.29) is 15.9 Å². The van der Waals surface area contributed by atoms with E-state index in [9.17, 15) is 4.79 Å². The second-order valence-electron chi connectivity index (χ2n) is 4.75. The first kappa shape index (κ1) is 15.9. The fourth-order valence-corrected chi connectivity index (χ4v) is 2.95. The fourth-order valence-electron chi connectivity index (χ4n) is 1.99. The normalized spacial score (nSPS) is 10.6.